The zero-order valence-electron chi connectivity index (χ0n) is 20.8. The van der Waals surface area contributed by atoms with Gasteiger partial charge in [0.1, 0.15) is 0 Å². The highest BCUT2D eigenvalue weighted by Gasteiger charge is 2.21. The quantitative estimate of drug-likeness (QED) is 0.345. The lowest BCUT2D eigenvalue weighted by molar-refractivity contribution is 0.0696. The first-order valence-corrected chi connectivity index (χ1v) is 11.8. The standard InChI is InChI=1S/C28H29N5O3/c1-5-19-9-7-8-10-24(19)33(6-2)26(34)21-16-25(32(4)17-21)23-13-14-29-28(31-23)30-22-12-11-20(27(35)36)15-18(22)3/h7-17H,5-6H2,1-4H3,(H,35,36)(H,29,30,31). The average molecular weight is 484 g/mol. The van der Waals surface area contributed by atoms with Crippen LogP contribution in [0.5, 0.6) is 0 Å². The summed E-state index contributed by atoms with van der Waals surface area (Å²) in [6, 6.07) is 16.4. The Morgan fingerprint density at radius 3 is 2.53 bits per heavy atom. The summed E-state index contributed by atoms with van der Waals surface area (Å²) in [5.74, 6) is -0.668. The smallest absolute Gasteiger partial charge is 0.335 e. The van der Waals surface area contributed by atoms with Crippen LogP contribution in [0.4, 0.5) is 17.3 Å². The van der Waals surface area contributed by atoms with Gasteiger partial charge in [-0.1, -0.05) is 25.1 Å². The minimum absolute atomic E-state index is 0.0678. The van der Waals surface area contributed by atoms with Crippen molar-refractivity contribution in [3.8, 4) is 11.4 Å². The van der Waals surface area contributed by atoms with Crippen LogP contribution in [0.15, 0.2) is 67.0 Å². The maximum atomic E-state index is 13.5. The van der Waals surface area contributed by atoms with Crippen molar-refractivity contribution < 1.29 is 14.7 Å². The molecule has 0 aliphatic heterocycles. The Balaban J connectivity index is 1.61. The first kappa shape index (κ1) is 24.7. The highest BCUT2D eigenvalue weighted by atomic mass is 16.4. The van der Waals surface area contributed by atoms with E-state index in [0.29, 0.717) is 29.4 Å². The van der Waals surface area contributed by atoms with Crippen LogP contribution in [-0.2, 0) is 13.5 Å². The molecule has 0 spiro atoms. The van der Waals surface area contributed by atoms with Crippen LogP contribution in [0.3, 0.4) is 0 Å². The summed E-state index contributed by atoms with van der Waals surface area (Å²) in [6.45, 7) is 6.44. The van der Waals surface area contributed by atoms with Gasteiger partial charge in [-0.15, -0.1) is 0 Å². The zero-order valence-corrected chi connectivity index (χ0v) is 20.8. The Labute approximate surface area is 210 Å². The minimum atomic E-state index is -0.975. The van der Waals surface area contributed by atoms with Crippen LogP contribution in [0, 0.1) is 6.92 Å². The molecule has 0 fully saturated rings. The lowest BCUT2D eigenvalue weighted by Gasteiger charge is -2.23. The van der Waals surface area contributed by atoms with Gasteiger partial charge in [-0.05, 0) is 67.8 Å². The summed E-state index contributed by atoms with van der Waals surface area (Å²) in [6.07, 6.45) is 4.31. The number of aryl methyl sites for hydroxylation is 3. The third-order valence-corrected chi connectivity index (χ3v) is 6.11. The minimum Gasteiger partial charge on any atom is -0.478 e. The number of anilines is 3. The summed E-state index contributed by atoms with van der Waals surface area (Å²) in [4.78, 5) is 35.4. The summed E-state index contributed by atoms with van der Waals surface area (Å²) < 4.78 is 1.88. The molecular formula is C28H29N5O3. The van der Waals surface area contributed by atoms with Crippen molar-refractivity contribution in [2.45, 2.75) is 27.2 Å². The fourth-order valence-electron chi connectivity index (χ4n) is 4.21. The monoisotopic (exact) mass is 483 g/mol. The molecular weight excluding hydrogens is 454 g/mol. The Kier molecular flexibility index (Phi) is 7.15. The maximum Gasteiger partial charge on any atom is 0.335 e. The number of aromatic carboxylic acids is 1. The summed E-state index contributed by atoms with van der Waals surface area (Å²) in [7, 11) is 1.88. The number of aromatic nitrogens is 3. The molecule has 0 atom stereocenters. The second-order valence-corrected chi connectivity index (χ2v) is 8.48. The molecule has 0 bridgehead atoms. The van der Waals surface area contributed by atoms with Gasteiger partial charge in [0.25, 0.3) is 5.91 Å². The number of carbonyl (C=O) groups excluding carboxylic acids is 1. The van der Waals surface area contributed by atoms with Crippen molar-refractivity contribution in [1.29, 1.82) is 0 Å². The van der Waals surface area contributed by atoms with Crippen LogP contribution >= 0.6 is 0 Å². The Hall–Kier alpha value is -4.46. The summed E-state index contributed by atoms with van der Waals surface area (Å²) in [5, 5.41) is 12.3. The molecule has 0 saturated heterocycles. The van der Waals surface area contributed by atoms with Gasteiger partial charge in [0.15, 0.2) is 0 Å². The number of para-hydroxylation sites is 1. The topological polar surface area (TPSA) is 100 Å². The van der Waals surface area contributed by atoms with E-state index in [4.69, 9.17) is 0 Å². The number of nitrogens with zero attached hydrogens (tertiary/aromatic N) is 4. The molecule has 0 saturated carbocycles. The number of carboxylic acid groups (broad SMARTS) is 1. The van der Waals surface area contributed by atoms with E-state index in [-0.39, 0.29) is 11.5 Å². The predicted octanol–water partition coefficient (Wildman–Crippen LogP) is 5.46. The molecule has 2 aromatic carbocycles. The van der Waals surface area contributed by atoms with Gasteiger partial charge >= 0.3 is 5.97 Å². The third kappa shape index (κ3) is 4.98. The highest BCUT2D eigenvalue weighted by molar-refractivity contribution is 6.07. The largest absolute Gasteiger partial charge is 0.478 e. The normalized spacial score (nSPS) is 10.8. The molecule has 2 aromatic heterocycles. The summed E-state index contributed by atoms with van der Waals surface area (Å²) >= 11 is 0. The molecule has 2 N–H and O–H groups in total. The van der Waals surface area contributed by atoms with E-state index in [2.05, 4.69) is 22.2 Å². The van der Waals surface area contributed by atoms with Crippen molar-refractivity contribution in [1.82, 2.24) is 14.5 Å². The van der Waals surface area contributed by atoms with E-state index in [1.54, 1.807) is 29.3 Å². The van der Waals surface area contributed by atoms with Crippen LogP contribution in [-0.4, -0.2) is 38.1 Å². The van der Waals surface area contributed by atoms with Crippen molar-refractivity contribution >= 4 is 29.2 Å². The van der Waals surface area contributed by atoms with E-state index < -0.39 is 5.97 Å². The van der Waals surface area contributed by atoms with E-state index in [0.717, 1.165) is 28.9 Å². The van der Waals surface area contributed by atoms with E-state index in [1.807, 2.05) is 62.0 Å². The van der Waals surface area contributed by atoms with E-state index in [9.17, 15) is 14.7 Å². The second-order valence-electron chi connectivity index (χ2n) is 8.48. The van der Waals surface area contributed by atoms with Crippen LogP contribution < -0.4 is 10.2 Å². The molecule has 8 heteroatoms. The summed E-state index contributed by atoms with van der Waals surface area (Å²) in [5.41, 5.74) is 5.77. The molecule has 36 heavy (non-hydrogen) atoms. The molecule has 0 aliphatic carbocycles. The highest BCUT2D eigenvalue weighted by Crippen LogP contribution is 2.27. The molecule has 0 aliphatic rings. The van der Waals surface area contributed by atoms with Gasteiger partial charge < -0.3 is 19.9 Å². The van der Waals surface area contributed by atoms with Crippen molar-refractivity contribution in [2.24, 2.45) is 7.05 Å². The van der Waals surface area contributed by atoms with Crippen LogP contribution in [0.1, 0.15) is 45.7 Å². The average Bonchev–Trinajstić information content (AvgIpc) is 3.27. The van der Waals surface area contributed by atoms with Gasteiger partial charge in [0.2, 0.25) is 5.95 Å². The molecule has 0 unspecified atom stereocenters. The van der Waals surface area contributed by atoms with Gasteiger partial charge in [-0.2, -0.15) is 0 Å². The molecule has 4 rings (SSSR count). The van der Waals surface area contributed by atoms with Gasteiger partial charge in [0, 0.05) is 37.4 Å². The molecule has 0 radical (unpaired) electrons. The number of carboxylic acids is 1. The maximum absolute atomic E-state index is 13.5. The molecule has 8 nitrogen and oxygen atoms in total. The van der Waals surface area contributed by atoms with Crippen molar-refractivity contribution in [3.63, 3.8) is 0 Å². The molecule has 184 valence electrons. The van der Waals surface area contributed by atoms with Gasteiger partial charge in [-0.25, -0.2) is 14.8 Å². The van der Waals surface area contributed by atoms with Crippen LogP contribution in [0.2, 0.25) is 0 Å². The van der Waals surface area contributed by atoms with E-state index >= 15 is 0 Å². The van der Waals surface area contributed by atoms with Crippen molar-refractivity contribution in [2.75, 3.05) is 16.8 Å². The first-order valence-electron chi connectivity index (χ1n) is 11.8. The van der Waals surface area contributed by atoms with E-state index in [1.165, 1.54) is 6.07 Å². The Bertz CT molecular complexity index is 1430. The number of amides is 1. The predicted molar refractivity (Wildman–Crippen MR) is 141 cm³/mol. The SMILES string of the molecule is CCc1ccccc1N(CC)C(=O)c1cc(-c2ccnc(Nc3ccc(C(=O)O)cc3C)n2)n(C)c1. The number of carbonyl (C=O) groups is 2. The Morgan fingerprint density at radius 2 is 1.83 bits per heavy atom. The second kappa shape index (κ2) is 10.4. The third-order valence-electron chi connectivity index (χ3n) is 6.11. The van der Waals surface area contributed by atoms with Crippen molar-refractivity contribution in [3.05, 3.63) is 89.2 Å². The van der Waals surface area contributed by atoms with Gasteiger partial charge in [0.05, 0.1) is 22.5 Å². The fraction of sp³-hybridized carbons (Fsp3) is 0.214. The van der Waals surface area contributed by atoms with Crippen LogP contribution in [0.25, 0.3) is 11.4 Å². The number of benzene rings is 2. The number of hydrogen-bond donors (Lipinski definition) is 2. The zero-order chi connectivity index (χ0) is 25.8. The Morgan fingerprint density at radius 1 is 1.06 bits per heavy atom. The fourth-order valence-corrected chi connectivity index (χ4v) is 4.21. The molecule has 4 aromatic rings. The number of nitrogens with one attached hydrogen (secondary N) is 1. The number of hydrogen-bond acceptors (Lipinski definition) is 5. The number of rotatable bonds is 8. The van der Waals surface area contributed by atoms with Gasteiger partial charge in [-0.3, -0.25) is 4.79 Å². The molecule has 2 heterocycles. The molecule has 1 amide bonds. The lowest BCUT2D eigenvalue weighted by atomic mass is 10.1. The lowest BCUT2D eigenvalue weighted by Crippen LogP contribution is -2.31. The first-order chi connectivity index (χ1) is 17.3.